The van der Waals surface area contributed by atoms with Crippen molar-refractivity contribution in [3.8, 4) is 0 Å². The fraction of sp³-hybridized carbons (Fsp3) is 0.143. The molecule has 2 aromatic carbocycles. The van der Waals surface area contributed by atoms with Crippen molar-refractivity contribution in [1.82, 2.24) is 15.4 Å². The van der Waals surface area contributed by atoms with Gasteiger partial charge in [-0.05, 0) is 24.1 Å². The molecular formula is C14H14N4O2S. The summed E-state index contributed by atoms with van der Waals surface area (Å²) in [5.74, 6) is 0.0191. The van der Waals surface area contributed by atoms with E-state index in [1.165, 1.54) is 0 Å². The van der Waals surface area contributed by atoms with Crippen LogP contribution in [0.2, 0.25) is 0 Å². The molecule has 21 heavy (non-hydrogen) atoms. The van der Waals surface area contributed by atoms with Gasteiger partial charge in [0.2, 0.25) is 10.0 Å². The number of sulfonamides is 1. The molecule has 108 valence electrons. The van der Waals surface area contributed by atoms with Crippen LogP contribution >= 0.6 is 0 Å². The van der Waals surface area contributed by atoms with Gasteiger partial charge in [0.1, 0.15) is 11.0 Å². The van der Waals surface area contributed by atoms with Gasteiger partial charge in [-0.3, -0.25) is 4.72 Å². The minimum Gasteiger partial charge on any atom is -0.281 e. The molecule has 0 aliphatic carbocycles. The molecule has 3 aromatic rings. The topological polar surface area (TPSA) is 87.7 Å². The van der Waals surface area contributed by atoms with Crippen LogP contribution in [0.1, 0.15) is 5.56 Å². The lowest BCUT2D eigenvalue weighted by Crippen LogP contribution is -2.18. The van der Waals surface area contributed by atoms with Gasteiger partial charge in [0.25, 0.3) is 0 Å². The lowest BCUT2D eigenvalue weighted by atomic mass is 10.2. The Morgan fingerprint density at radius 3 is 2.62 bits per heavy atom. The number of hydrogen-bond donors (Lipinski definition) is 2. The van der Waals surface area contributed by atoms with Gasteiger partial charge in [-0.15, -0.1) is 0 Å². The van der Waals surface area contributed by atoms with Gasteiger partial charge in [0.05, 0.1) is 11.4 Å². The predicted molar refractivity (Wildman–Crippen MR) is 81.4 cm³/mol. The quantitative estimate of drug-likeness (QED) is 0.754. The van der Waals surface area contributed by atoms with E-state index in [4.69, 9.17) is 0 Å². The van der Waals surface area contributed by atoms with E-state index in [-0.39, 0.29) is 5.75 Å². The van der Waals surface area contributed by atoms with Crippen molar-refractivity contribution in [3.05, 3.63) is 54.1 Å². The van der Waals surface area contributed by atoms with Crippen molar-refractivity contribution >= 4 is 26.7 Å². The Bertz CT molecular complexity index is 844. The molecule has 0 unspecified atom stereocenters. The molecule has 0 radical (unpaired) electrons. The zero-order chi connectivity index (χ0) is 14.7. The molecule has 6 nitrogen and oxygen atoms in total. The predicted octanol–water partition coefficient (Wildman–Crippen LogP) is 1.94. The van der Waals surface area contributed by atoms with Crippen LogP contribution in [0.4, 0.5) is 5.69 Å². The van der Waals surface area contributed by atoms with Crippen LogP contribution in [0, 0.1) is 0 Å². The Morgan fingerprint density at radius 2 is 1.81 bits per heavy atom. The number of para-hydroxylation sites is 1. The average molecular weight is 302 g/mol. The third-order valence-electron chi connectivity index (χ3n) is 3.11. The van der Waals surface area contributed by atoms with Crippen LogP contribution < -0.4 is 4.72 Å². The number of anilines is 1. The van der Waals surface area contributed by atoms with Crippen molar-refractivity contribution in [2.45, 2.75) is 6.42 Å². The molecule has 0 bridgehead atoms. The highest BCUT2D eigenvalue weighted by molar-refractivity contribution is 7.92. The maximum Gasteiger partial charge on any atom is 0.233 e. The van der Waals surface area contributed by atoms with Crippen LogP contribution in [0.3, 0.4) is 0 Å². The number of benzene rings is 2. The van der Waals surface area contributed by atoms with Gasteiger partial charge in [-0.25, -0.2) is 8.42 Å². The maximum absolute atomic E-state index is 12.2. The van der Waals surface area contributed by atoms with Crippen molar-refractivity contribution in [2.75, 3.05) is 10.5 Å². The molecule has 2 N–H and O–H groups in total. The Hall–Kier alpha value is -2.41. The zero-order valence-corrected chi connectivity index (χ0v) is 12.0. The molecule has 0 fully saturated rings. The summed E-state index contributed by atoms with van der Waals surface area (Å²) in [7, 11) is -3.43. The molecule has 0 saturated carbocycles. The number of hydrogen-bond acceptors (Lipinski definition) is 4. The third kappa shape index (κ3) is 3.19. The monoisotopic (exact) mass is 302 g/mol. The Kier molecular flexibility index (Phi) is 3.57. The van der Waals surface area contributed by atoms with Gasteiger partial charge >= 0.3 is 0 Å². The first-order chi connectivity index (χ1) is 10.1. The van der Waals surface area contributed by atoms with Gasteiger partial charge in [-0.1, -0.05) is 36.4 Å². The van der Waals surface area contributed by atoms with Crippen LogP contribution in [-0.2, 0) is 16.4 Å². The molecule has 1 heterocycles. The standard InChI is InChI=1S/C14H14N4O2S/c19-21(20,10-9-11-5-2-1-3-6-11)17-13-8-4-7-12-14(13)16-18-15-12/h1-8,17H,9-10H2,(H,15,16,18). The van der Waals surface area contributed by atoms with E-state index in [0.29, 0.717) is 23.1 Å². The summed E-state index contributed by atoms with van der Waals surface area (Å²) >= 11 is 0. The van der Waals surface area contributed by atoms with Crippen molar-refractivity contribution in [1.29, 1.82) is 0 Å². The van der Waals surface area contributed by atoms with Crippen molar-refractivity contribution in [3.63, 3.8) is 0 Å². The highest BCUT2D eigenvalue weighted by Gasteiger charge is 2.13. The Balaban J connectivity index is 1.75. The van der Waals surface area contributed by atoms with Crippen LogP contribution in [-0.4, -0.2) is 29.6 Å². The normalized spacial score (nSPS) is 11.6. The molecule has 0 amide bonds. The molecule has 1 aromatic heterocycles. The number of fused-ring (bicyclic) bond motifs is 1. The number of aromatic nitrogens is 3. The van der Waals surface area contributed by atoms with E-state index < -0.39 is 10.0 Å². The van der Waals surface area contributed by atoms with Gasteiger partial charge in [0.15, 0.2) is 0 Å². The summed E-state index contributed by atoms with van der Waals surface area (Å²) in [5, 5.41) is 10.4. The highest BCUT2D eigenvalue weighted by Crippen LogP contribution is 2.20. The van der Waals surface area contributed by atoms with Gasteiger partial charge in [0, 0.05) is 0 Å². The van der Waals surface area contributed by atoms with Crippen molar-refractivity contribution in [2.24, 2.45) is 0 Å². The van der Waals surface area contributed by atoms with Gasteiger partial charge < -0.3 is 0 Å². The number of H-pyrrole nitrogens is 1. The summed E-state index contributed by atoms with van der Waals surface area (Å²) in [4.78, 5) is 0. The van der Waals surface area contributed by atoms with Crippen LogP contribution in [0.5, 0.6) is 0 Å². The molecule has 0 aliphatic rings. The average Bonchev–Trinajstić information content (AvgIpc) is 2.96. The minimum atomic E-state index is -3.43. The SMILES string of the molecule is O=S(=O)(CCc1ccccc1)Nc1cccc2n[nH]nc12. The van der Waals surface area contributed by atoms with E-state index in [1.54, 1.807) is 18.2 Å². The first-order valence-corrected chi connectivity index (χ1v) is 8.13. The number of aromatic amines is 1. The lowest BCUT2D eigenvalue weighted by molar-refractivity contribution is 0.600. The van der Waals surface area contributed by atoms with E-state index in [2.05, 4.69) is 20.1 Å². The second kappa shape index (κ2) is 5.53. The smallest absolute Gasteiger partial charge is 0.233 e. The molecular weight excluding hydrogens is 288 g/mol. The molecule has 0 atom stereocenters. The summed E-state index contributed by atoms with van der Waals surface area (Å²) in [6.45, 7) is 0. The van der Waals surface area contributed by atoms with E-state index in [1.807, 2.05) is 30.3 Å². The maximum atomic E-state index is 12.2. The zero-order valence-electron chi connectivity index (χ0n) is 11.2. The number of aryl methyl sites for hydroxylation is 1. The fourth-order valence-electron chi connectivity index (χ4n) is 2.07. The number of rotatable bonds is 5. The molecule has 0 saturated heterocycles. The first-order valence-electron chi connectivity index (χ1n) is 6.48. The first kappa shape index (κ1) is 13.6. The minimum absolute atomic E-state index is 0.0191. The van der Waals surface area contributed by atoms with Crippen LogP contribution in [0.15, 0.2) is 48.5 Å². The van der Waals surface area contributed by atoms with Gasteiger partial charge in [-0.2, -0.15) is 15.4 Å². The largest absolute Gasteiger partial charge is 0.281 e. The molecule has 7 heteroatoms. The lowest BCUT2D eigenvalue weighted by Gasteiger charge is -2.08. The second-order valence-corrected chi connectivity index (χ2v) is 6.50. The number of nitrogens with one attached hydrogen (secondary N) is 2. The number of nitrogens with zero attached hydrogens (tertiary/aromatic N) is 2. The summed E-state index contributed by atoms with van der Waals surface area (Å²) < 4.78 is 26.9. The Labute approximate surface area is 122 Å². The molecule has 3 rings (SSSR count). The fourth-order valence-corrected chi connectivity index (χ4v) is 3.17. The van der Waals surface area contributed by atoms with E-state index in [9.17, 15) is 8.42 Å². The Morgan fingerprint density at radius 1 is 1.00 bits per heavy atom. The third-order valence-corrected chi connectivity index (χ3v) is 4.39. The highest BCUT2D eigenvalue weighted by atomic mass is 32.2. The molecule has 0 aliphatic heterocycles. The van der Waals surface area contributed by atoms with E-state index >= 15 is 0 Å². The van der Waals surface area contributed by atoms with Crippen molar-refractivity contribution < 1.29 is 8.42 Å². The molecule has 0 spiro atoms. The van der Waals surface area contributed by atoms with E-state index in [0.717, 1.165) is 5.56 Å². The summed E-state index contributed by atoms with van der Waals surface area (Å²) in [5.41, 5.74) is 2.57. The van der Waals surface area contributed by atoms with Crippen LogP contribution in [0.25, 0.3) is 11.0 Å². The summed E-state index contributed by atoms with van der Waals surface area (Å²) in [6.07, 6.45) is 0.463. The summed E-state index contributed by atoms with van der Waals surface area (Å²) in [6, 6.07) is 14.7. The second-order valence-electron chi connectivity index (χ2n) is 4.65.